The van der Waals surface area contributed by atoms with Crippen LogP contribution in [0.4, 0.5) is 0 Å². The molecule has 4 nitrogen and oxygen atoms in total. The Kier molecular flexibility index (Phi) is 4.49. The number of rotatable bonds is 4. The second-order valence-corrected chi connectivity index (χ2v) is 2.26. The van der Waals surface area contributed by atoms with E-state index in [2.05, 4.69) is 0 Å². The SMILES string of the molecule is CN(C)CC/C=C/[N+](=O)[O-]. The fourth-order valence-electron chi connectivity index (χ4n) is 0.493. The third kappa shape index (κ3) is 7.10. The Morgan fingerprint density at radius 1 is 1.60 bits per heavy atom. The molecule has 0 aromatic rings. The summed E-state index contributed by atoms with van der Waals surface area (Å²) in [6, 6.07) is 0. The Hall–Kier alpha value is -0.900. The van der Waals surface area contributed by atoms with Gasteiger partial charge in [0.25, 0.3) is 0 Å². The lowest BCUT2D eigenvalue weighted by Crippen LogP contribution is -2.11. The van der Waals surface area contributed by atoms with Crippen LogP contribution in [0.2, 0.25) is 0 Å². The molecule has 0 rings (SSSR count). The van der Waals surface area contributed by atoms with Crippen molar-refractivity contribution >= 4 is 0 Å². The van der Waals surface area contributed by atoms with E-state index in [4.69, 9.17) is 0 Å². The van der Waals surface area contributed by atoms with E-state index in [1.807, 2.05) is 19.0 Å². The monoisotopic (exact) mass is 144 g/mol. The van der Waals surface area contributed by atoms with Crippen molar-refractivity contribution in [3.8, 4) is 0 Å². The average molecular weight is 144 g/mol. The molecule has 0 aliphatic heterocycles. The summed E-state index contributed by atoms with van der Waals surface area (Å²) < 4.78 is 0. The van der Waals surface area contributed by atoms with Gasteiger partial charge in [-0.3, -0.25) is 10.1 Å². The maximum atomic E-state index is 9.75. The lowest BCUT2D eigenvalue weighted by atomic mass is 10.4. The molecule has 0 spiro atoms. The van der Waals surface area contributed by atoms with Gasteiger partial charge in [0.05, 0.1) is 4.92 Å². The molecule has 10 heavy (non-hydrogen) atoms. The molecular formula is C6H12N2O2. The van der Waals surface area contributed by atoms with Crippen LogP contribution in [0.3, 0.4) is 0 Å². The van der Waals surface area contributed by atoms with E-state index in [1.165, 1.54) is 0 Å². The quantitative estimate of drug-likeness (QED) is 0.431. The van der Waals surface area contributed by atoms with Crippen molar-refractivity contribution in [3.05, 3.63) is 22.4 Å². The number of nitrogens with zero attached hydrogens (tertiary/aromatic N) is 2. The highest BCUT2D eigenvalue weighted by molar-refractivity contribution is 4.72. The molecule has 0 aliphatic rings. The molecule has 58 valence electrons. The highest BCUT2D eigenvalue weighted by Gasteiger charge is 1.87. The van der Waals surface area contributed by atoms with Gasteiger partial charge in [0.15, 0.2) is 0 Å². The Morgan fingerprint density at radius 2 is 2.20 bits per heavy atom. The summed E-state index contributed by atoms with van der Waals surface area (Å²) in [5.41, 5.74) is 0. The zero-order chi connectivity index (χ0) is 7.98. The maximum absolute atomic E-state index is 9.75. The first-order valence-electron chi connectivity index (χ1n) is 3.08. The summed E-state index contributed by atoms with van der Waals surface area (Å²) in [6.45, 7) is 0.852. The maximum Gasteiger partial charge on any atom is 0.230 e. The molecule has 0 aliphatic carbocycles. The minimum absolute atomic E-state index is 0.449. The molecule has 0 amide bonds. The van der Waals surface area contributed by atoms with Gasteiger partial charge < -0.3 is 4.90 Å². The minimum Gasteiger partial charge on any atom is -0.309 e. The van der Waals surface area contributed by atoms with Crippen LogP contribution < -0.4 is 0 Å². The van der Waals surface area contributed by atoms with Gasteiger partial charge in [-0.1, -0.05) is 0 Å². The fourth-order valence-corrected chi connectivity index (χ4v) is 0.493. The summed E-state index contributed by atoms with van der Waals surface area (Å²) in [6.07, 6.45) is 3.26. The van der Waals surface area contributed by atoms with Crippen molar-refractivity contribution in [2.75, 3.05) is 20.6 Å². The van der Waals surface area contributed by atoms with E-state index in [-0.39, 0.29) is 0 Å². The van der Waals surface area contributed by atoms with Crippen LogP contribution >= 0.6 is 0 Å². The van der Waals surface area contributed by atoms with Crippen LogP contribution in [0, 0.1) is 10.1 Å². The molecule has 0 aromatic carbocycles. The molecule has 0 N–H and O–H groups in total. The van der Waals surface area contributed by atoms with Gasteiger partial charge in [-0.2, -0.15) is 0 Å². The lowest BCUT2D eigenvalue weighted by molar-refractivity contribution is -0.402. The molecular weight excluding hydrogens is 132 g/mol. The Balaban J connectivity index is 3.27. The predicted octanol–water partition coefficient (Wildman–Crippen LogP) is 0.728. The second-order valence-electron chi connectivity index (χ2n) is 2.26. The lowest BCUT2D eigenvalue weighted by Gasteiger charge is -2.04. The van der Waals surface area contributed by atoms with Crippen LogP contribution in [-0.4, -0.2) is 30.5 Å². The zero-order valence-corrected chi connectivity index (χ0v) is 6.28. The van der Waals surface area contributed by atoms with Crippen molar-refractivity contribution in [3.63, 3.8) is 0 Å². The normalized spacial score (nSPS) is 11.1. The average Bonchev–Trinajstić information content (AvgIpc) is 1.79. The number of nitro groups is 1. The summed E-state index contributed by atoms with van der Waals surface area (Å²) in [7, 11) is 3.86. The minimum atomic E-state index is -0.449. The van der Waals surface area contributed by atoms with Gasteiger partial charge in [-0.15, -0.1) is 0 Å². The topological polar surface area (TPSA) is 46.4 Å². The second kappa shape index (κ2) is 4.93. The van der Waals surface area contributed by atoms with E-state index in [0.717, 1.165) is 19.2 Å². The Labute approximate surface area is 60.3 Å². The van der Waals surface area contributed by atoms with Gasteiger partial charge in [0.2, 0.25) is 6.20 Å². The van der Waals surface area contributed by atoms with Gasteiger partial charge >= 0.3 is 0 Å². The van der Waals surface area contributed by atoms with Crippen LogP contribution in [0.1, 0.15) is 6.42 Å². The van der Waals surface area contributed by atoms with E-state index in [0.29, 0.717) is 0 Å². The largest absolute Gasteiger partial charge is 0.309 e. The van der Waals surface area contributed by atoms with Crippen molar-refractivity contribution < 1.29 is 4.92 Å². The van der Waals surface area contributed by atoms with Gasteiger partial charge in [0, 0.05) is 6.54 Å². The highest BCUT2D eigenvalue weighted by Crippen LogP contribution is 1.85. The van der Waals surface area contributed by atoms with E-state index < -0.39 is 4.92 Å². The standard InChI is InChI=1S/C6H12N2O2/c1-7(2)5-3-4-6-8(9)10/h4,6H,3,5H2,1-2H3/b6-4+. The first-order chi connectivity index (χ1) is 4.63. The summed E-state index contributed by atoms with van der Waals surface area (Å²) in [5, 5.41) is 9.75. The third-order valence-corrected chi connectivity index (χ3v) is 0.970. The molecule has 0 unspecified atom stereocenters. The molecule has 0 aromatic heterocycles. The molecule has 0 radical (unpaired) electrons. The molecule has 4 heteroatoms. The molecule has 0 saturated carbocycles. The number of hydrogen-bond donors (Lipinski definition) is 0. The van der Waals surface area contributed by atoms with Crippen LogP contribution in [0.15, 0.2) is 12.3 Å². The van der Waals surface area contributed by atoms with Gasteiger partial charge in [-0.05, 0) is 26.6 Å². The summed E-state index contributed by atoms with van der Waals surface area (Å²) in [5.74, 6) is 0. The predicted molar refractivity (Wildman–Crippen MR) is 39.3 cm³/mol. The van der Waals surface area contributed by atoms with Crippen LogP contribution in [0.5, 0.6) is 0 Å². The first-order valence-corrected chi connectivity index (χ1v) is 3.08. The molecule has 0 fully saturated rings. The smallest absolute Gasteiger partial charge is 0.230 e. The van der Waals surface area contributed by atoms with E-state index in [9.17, 15) is 10.1 Å². The Morgan fingerprint density at radius 3 is 2.60 bits per heavy atom. The van der Waals surface area contributed by atoms with Crippen LogP contribution in [0.25, 0.3) is 0 Å². The molecule has 0 bridgehead atoms. The Bertz CT molecular complexity index is 132. The van der Waals surface area contributed by atoms with Crippen molar-refractivity contribution in [1.29, 1.82) is 0 Å². The van der Waals surface area contributed by atoms with Gasteiger partial charge in [-0.25, -0.2) is 0 Å². The number of hydrogen-bond acceptors (Lipinski definition) is 3. The van der Waals surface area contributed by atoms with Crippen molar-refractivity contribution in [2.45, 2.75) is 6.42 Å². The first kappa shape index (κ1) is 9.10. The van der Waals surface area contributed by atoms with E-state index in [1.54, 1.807) is 6.08 Å². The van der Waals surface area contributed by atoms with Crippen molar-refractivity contribution in [2.24, 2.45) is 0 Å². The highest BCUT2D eigenvalue weighted by atomic mass is 16.6. The molecule has 0 saturated heterocycles. The molecule has 0 heterocycles. The van der Waals surface area contributed by atoms with E-state index >= 15 is 0 Å². The summed E-state index contributed by atoms with van der Waals surface area (Å²) in [4.78, 5) is 11.3. The molecule has 0 atom stereocenters. The summed E-state index contributed by atoms with van der Waals surface area (Å²) >= 11 is 0. The third-order valence-electron chi connectivity index (χ3n) is 0.970. The zero-order valence-electron chi connectivity index (χ0n) is 6.28. The van der Waals surface area contributed by atoms with Crippen molar-refractivity contribution in [1.82, 2.24) is 4.90 Å². The van der Waals surface area contributed by atoms with Gasteiger partial charge in [0.1, 0.15) is 0 Å². The van der Waals surface area contributed by atoms with Crippen LogP contribution in [-0.2, 0) is 0 Å². The fraction of sp³-hybridized carbons (Fsp3) is 0.667.